The maximum absolute atomic E-state index is 13.4. The Bertz CT molecular complexity index is 576. The number of nitrogens with one attached hydrogen (secondary N) is 1. The summed E-state index contributed by atoms with van der Waals surface area (Å²) in [6.07, 6.45) is -5.72. The quantitative estimate of drug-likeness (QED) is 0.827. The number of benzene rings is 1. The molecule has 0 amide bonds. The Morgan fingerprint density at radius 1 is 1.30 bits per heavy atom. The summed E-state index contributed by atoms with van der Waals surface area (Å²) in [4.78, 5) is 23.4. The van der Waals surface area contributed by atoms with Crippen molar-refractivity contribution in [3.8, 4) is 0 Å². The molecule has 126 valence electrons. The predicted molar refractivity (Wildman–Crippen MR) is 73.4 cm³/mol. The fourth-order valence-corrected chi connectivity index (χ4v) is 2.69. The molecule has 1 fully saturated rings. The van der Waals surface area contributed by atoms with Crippen LogP contribution in [0.2, 0.25) is 0 Å². The van der Waals surface area contributed by atoms with Gasteiger partial charge in [0.1, 0.15) is 12.6 Å². The molecule has 1 heterocycles. The molecule has 0 aliphatic carbocycles. The summed E-state index contributed by atoms with van der Waals surface area (Å²) in [5, 5.41) is 11.5. The van der Waals surface area contributed by atoms with E-state index in [1.54, 1.807) is 30.3 Å². The minimum atomic E-state index is -5.07. The van der Waals surface area contributed by atoms with Gasteiger partial charge in [-0.1, -0.05) is 30.3 Å². The van der Waals surface area contributed by atoms with Crippen LogP contribution in [-0.2, 0) is 20.9 Å². The van der Waals surface area contributed by atoms with Gasteiger partial charge in [0.2, 0.25) is 0 Å². The molecule has 2 N–H and O–H groups in total. The normalized spacial score (nSPS) is 24.9. The van der Waals surface area contributed by atoms with E-state index in [4.69, 9.17) is 9.84 Å². The highest BCUT2D eigenvalue weighted by atomic mass is 19.4. The SMILES string of the molecule is O=C(OCc1ccccc1)C1NCCCC1(C(=O)O)C(F)(F)F. The maximum atomic E-state index is 13.4. The van der Waals surface area contributed by atoms with E-state index >= 15 is 0 Å². The molecule has 1 aromatic rings. The van der Waals surface area contributed by atoms with Gasteiger partial charge in [-0.15, -0.1) is 0 Å². The van der Waals surface area contributed by atoms with E-state index in [1.807, 2.05) is 0 Å². The van der Waals surface area contributed by atoms with Crippen molar-refractivity contribution >= 4 is 11.9 Å². The summed E-state index contributed by atoms with van der Waals surface area (Å²) < 4.78 is 45.1. The van der Waals surface area contributed by atoms with Crippen LogP contribution in [0.3, 0.4) is 0 Å². The molecular weight excluding hydrogens is 315 g/mol. The van der Waals surface area contributed by atoms with Crippen LogP contribution in [0.25, 0.3) is 0 Å². The number of carboxylic acid groups (broad SMARTS) is 1. The molecule has 8 heteroatoms. The van der Waals surface area contributed by atoms with Gasteiger partial charge in [-0.05, 0) is 24.9 Å². The van der Waals surface area contributed by atoms with Crippen molar-refractivity contribution in [1.82, 2.24) is 5.32 Å². The van der Waals surface area contributed by atoms with Crippen LogP contribution < -0.4 is 5.32 Å². The van der Waals surface area contributed by atoms with Crippen LogP contribution in [0.1, 0.15) is 18.4 Å². The van der Waals surface area contributed by atoms with E-state index < -0.39 is 36.0 Å². The zero-order valence-corrected chi connectivity index (χ0v) is 12.1. The highest BCUT2D eigenvalue weighted by Gasteiger charge is 2.68. The second-order valence-corrected chi connectivity index (χ2v) is 5.36. The van der Waals surface area contributed by atoms with Crippen molar-refractivity contribution in [2.24, 2.45) is 5.41 Å². The standard InChI is InChI=1S/C15H16F3NO4/c16-15(17,18)14(13(21)22)7-4-8-19-11(14)12(20)23-9-10-5-2-1-3-6-10/h1-3,5-6,11,19H,4,7-9H2,(H,21,22). The Labute approximate surface area is 130 Å². The Morgan fingerprint density at radius 2 is 1.96 bits per heavy atom. The number of piperidine rings is 1. The number of carbonyl (C=O) groups excluding carboxylic acids is 1. The minimum Gasteiger partial charge on any atom is -0.481 e. The first-order valence-electron chi connectivity index (χ1n) is 7.03. The Balaban J connectivity index is 2.20. The number of halogens is 3. The molecule has 0 radical (unpaired) electrons. The lowest BCUT2D eigenvalue weighted by Crippen LogP contribution is -2.64. The molecule has 5 nitrogen and oxygen atoms in total. The number of carbonyl (C=O) groups is 2. The van der Waals surface area contributed by atoms with Gasteiger partial charge < -0.3 is 15.2 Å². The third-order valence-corrected chi connectivity index (χ3v) is 3.94. The van der Waals surface area contributed by atoms with E-state index in [0.29, 0.717) is 5.56 Å². The number of ether oxygens (including phenoxy) is 1. The first-order chi connectivity index (χ1) is 10.8. The fourth-order valence-electron chi connectivity index (χ4n) is 2.69. The highest BCUT2D eigenvalue weighted by Crippen LogP contribution is 2.47. The van der Waals surface area contributed by atoms with E-state index in [2.05, 4.69) is 5.32 Å². The Kier molecular flexibility index (Phi) is 4.93. The topological polar surface area (TPSA) is 75.6 Å². The molecule has 1 saturated heterocycles. The second-order valence-electron chi connectivity index (χ2n) is 5.36. The second kappa shape index (κ2) is 6.57. The molecule has 0 saturated carbocycles. The molecule has 0 bridgehead atoms. The minimum absolute atomic E-state index is 0.00821. The lowest BCUT2D eigenvalue weighted by Gasteiger charge is -2.40. The van der Waals surface area contributed by atoms with Crippen LogP contribution in [-0.4, -0.2) is 35.8 Å². The zero-order chi connectivity index (χ0) is 17.1. The van der Waals surface area contributed by atoms with Gasteiger partial charge in [-0.3, -0.25) is 9.59 Å². The van der Waals surface area contributed by atoms with Gasteiger partial charge in [-0.2, -0.15) is 13.2 Å². The first-order valence-corrected chi connectivity index (χ1v) is 7.03. The fraction of sp³-hybridized carbons (Fsp3) is 0.467. The van der Waals surface area contributed by atoms with E-state index in [0.717, 1.165) is 0 Å². The summed E-state index contributed by atoms with van der Waals surface area (Å²) in [5.74, 6) is -3.29. The van der Waals surface area contributed by atoms with Crippen LogP contribution >= 0.6 is 0 Å². The predicted octanol–water partition coefficient (Wildman–Crippen LogP) is 2.12. The van der Waals surface area contributed by atoms with Gasteiger partial charge in [0.15, 0.2) is 5.41 Å². The van der Waals surface area contributed by atoms with Gasteiger partial charge in [0, 0.05) is 0 Å². The van der Waals surface area contributed by atoms with Crippen molar-refractivity contribution in [1.29, 1.82) is 0 Å². The van der Waals surface area contributed by atoms with E-state index in [9.17, 15) is 22.8 Å². The van der Waals surface area contributed by atoms with Crippen LogP contribution in [0.15, 0.2) is 30.3 Å². The third kappa shape index (κ3) is 3.31. The number of esters is 1. The van der Waals surface area contributed by atoms with E-state index in [1.165, 1.54) is 0 Å². The van der Waals surface area contributed by atoms with Gasteiger partial charge >= 0.3 is 18.1 Å². The smallest absolute Gasteiger partial charge is 0.407 e. The van der Waals surface area contributed by atoms with Gasteiger partial charge in [-0.25, -0.2) is 0 Å². The largest absolute Gasteiger partial charge is 0.481 e. The average molecular weight is 331 g/mol. The molecule has 1 aliphatic rings. The van der Waals surface area contributed by atoms with Gasteiger partial charge in [0.05, 0.1) is 0 Å². The molecule has 0 spiro atoms. The highest BCUT2D eigenvalue weighted by molar-refractivity contribution is 5.88. The number of alkyl halides is 3. The molecule has 1 aromatic carbocycles. The monoisotopic (exact) mass is 331 g/mol. The average Bonchev–Trinajstić information content (AvgIpc) is 2.52. The van der Waals surface area contributed by atoms with Gasteiger partial charge in [0.25, 0.3) is 0 Å². The zero-order valence-electron chi connectivity index (χ0n) is 12.1. The number of carboxylic acids is 1. The summed E-state index contributed by atoms with van der Waals surface area (Å²) in [6, 6.07) is 6.47. The Hall–Kier alpha value is -2.09. The molecule has 23 heavy (non-hydrogen) atoms. The van der Waals surface area contributed by atoms with Crippen molar-refractivity contribution in [3.63, 3.8) is 0 Å². The van der Waals surface area contributed by atoms with Crippen molar-refractivity contribution in [3.05, 3.63) is 35.9 Å². The summed E-state index contributed by atoms with van der Waals surface area (Å²) in [7, 11) is 0. The summed E-state index contributed by atoms with van der Waals surface area (Å²) >= 11 is 0. The van der Waals surface area contributed by atoms with Crippen LogP contribution in [0, 0.1) is 5.41 Å². The summed E-state index contributed by atoms with van der Waals surface area (Å²) in [5.41, 5.74) is -2.57. The number of aliphatic carboxylic acids is 1. The molecule has 1 aliphatic heterocycles. The lowest BCUT2D eigenvalue weighted by molar-refractivity contribution is -0.248. The third-order valence-electron chi connectivity index (χ3n) is 3.94. The van der Waals surface area contributed by atoms with Crippen molar-refractivity contribution < 1.29 is 32.6 Å². The molecular formula is C15H16F3NO4. The molecule has 2 rings (SSSR count). The molecule has 2 atom stereocenters. The van der Waals surface area contributed by atoms with Crippen LogP contribution in [0.4, 0.5) is 13.2 Å². The van der Waals surface area contributed by atoms with E-state index in [-0.39, 0.29) is 19.6 Å². The number of rotatable bonds is 4. The first kappa shape index (κ1) is 17.3. The maximum Gasteiger partial charge on any atom is 0.407 e. The lowest BCUT2D eigenvalue weighted by atomic mass is 9.73. The molecule has 2 unspecified atom stereocenters. The van der Waals surface area contributed by atoms with Crippen LogP contribution in [0.5, 0.6) is 0 Å². The number of hydrogen-bond donors (Lipinski definition) is 2. The summed E-state index contributed by atoms with van der Waals surface area (Å²) in [6.45, 7) is -0.0956. The van der Waals surface area contributed by atoms with Crippen molar-refractivity contribution in [2.75, 3.05) is 6.54 Å². The molecule has 0 aromatic heterocycles. The Morgan fingerprint density at radius 3 is 2.52 bits per heavy atom. The van der Waals surface area contributed by atoms with Crippen molar-refractivity contribution in [2.45, 2.75) is 31.7 Å². The number of hydrogen-bond acceptors (Lipinski definition) is 4.